The van der Waals surface area contributed by atoms with E-state index in [2.05, 4.69) is 25.8 Å². The van der Waals surface area contributed by atoms with E-state index in [0.29, 0.717) is 12.5 Å². The second-order valence-corrected chi connectivity index (χ2v) is 3.84. The predicted octanol–water partition coefficient (Wildman–Crippen LogP) is 1.78. The van der Waals surface area contributed by atoms with Gasteiger partial charge < -0.3 is 4.90 Å². The highest BCUT2D eigenvalue weighted by Gasteiger charge is 2.10. The molecule has 0 aliphatic heterocycles. The average molecular weight is 179 g/mol. The highest BCUT2D eigenvalue weighted by atomic mass is 16.1. The minimum atomic E-state index is 0.217. The van der Waals surface area contributed by atoms with Gasteiger partial charge in [-0.15, -0.1) is 0 Å². The Hall–Kier alpha value is -0.890. The molecule has 0 fully saturated rings. The fourth-order valence-corrected chi connectivity index (χ4v) is 1.24. The van der Waals surface area contributed by atoms with Gasteiger partial charge in [-0.25, -0.2) is 0 Å². The molecule has 0 aromatic rings. The zero-order valence-corrected chi connectivity index (χ0v) is 8.58. The van der Waals surface area contributed by atoms with Gasteiger partial charge in [-0.1, -0.05) is 12.2 Å². The molecule has 0 saturated heterocycles. The Bertz CT molecular complexity index is 251. The summed E-state index contributed by atoms with van der Waals surface area (Å²) in [5, 5.41) is 0. The molecule has 0 aromatic heterocycles. The molecular formula is C11H17NO. The molecule has 2 nitrogen and oxygen atoms in total. The topological polar surface area (TPSA) is 20.3 Å². The van der Waals surface area contributed by atoms with Crippen LogP contribution in [-0.4, -0.2) is 30.3 Å². The van der Waals surface area contributed by atoms with Crippen molar-refractivity contribution in [2.24, 2.45) is 0 Å². The van der Waals surface area contributed by atoms with E-state index in [9.17, 15) is 4.79 Å². The second kappa shape index (κ2) is 4.38. The van der Waals surface area contributed by atoms with Crippen LogP contribution in [0.4, 0.5) is 0 Å². The lowest BCUT2D eigenvalue weighted by atomic mass is 10.0. The third-order valence-electron chi connectivity index (χ3n) is 2.35. The largest absolute Gasteiger partial charge is 0.300 e. The van der Waals surface area contributed by atoms with Crippen LogP contribution in [0.3, 0.4) is 0 Å². The molecule has 0 aromatic carbocycles. The number of hydrogen-bond acceptors (Lipinski definition) is 2. The van der Waals surface area contributed by atoms with Gasteiger partial charge >= 0.3 is 0 Å². The summed E-state index contributed by atoms with van der Waals surface area (Å²) in [6.07, 6.45) is 6.11. The molecule has 0 atom stereocenters. The lowest BCUT2D eigenvalue weighted by Crippen LogP contribution is -2.29. The lowest BCUT2D eigenvalue weighted by Gasteiger charge is -2.22. The molecule has 1 aliphatic rings. The molecule has 0 saturated carbocycles. The molecule has 2 heteroatoms. The maximum absolute atomic E-state index is 11.1. The number of carbonyl (C=O) groups excluding carboxylic acids is 1. The number of likely N-dealkylation sites (N-methyl/N-ethyl adjacent to an activating group) is 1. The first-order valence-corrected chi connectivity index (χ1v) is 4.69. The van der Waals surface area contributed by atoms with Crippen LogP contribution in [0.2, 0.25) is 0 Å². The van der Waals surface area contributed by atoms with Crippen molar-refractivity contribution < 1.29 is 4.79 Å². The van der Waals surface area contributed by atoms with Crippen molar-refractivity contribution >= 4 is 5.78 Å². The van der Waals surface area contributed by atoms with E-state index < -0.39 is 0 Å². The number of hydrogen-bond donors (Lipinski definition) is 0. The molecule has 0 heterocycles. The summed E-state index contributed by atoms with van der Waals surface area (Å²) >= 11 is 0. The van der Waals surface area contributed by atoms with Crippen molar-refractivity contribution in [3.63, 3.8) is 0 Å². The van der Waals surface area contributed by atoms with Crippen LogP contribution in [0.15, 0.2) is 23.8 Å². The third kappa shape index (κ3) is 3.15. The van der Waals surface area contributed by atoms with E-state index in [1.165, 1.54) is 5.57 Å². The summed E-state index contributed by atoms with van der Waals surface area (Å²) in [5.74, 6) is 0.217. The average Bonchev–Trinajstić information content (AvgIpc) is 2.04. The van der Waals surface area contributed by atoms with Gasteiger partial charge in [0.25, 0.3) is 0 Å². The van der Waals surface area contributed by atoms with E-state index in [4.69, 9.17) is 0 Å². The molecule has 1 aliphatic carbocycles. The monoisotopic (exact) mass is 179 g/mol. The van der Waals surface area contributed by atoms with E-state index in [1.54, 1.807) is 6.08 Å². The van der Waals surface area contributed by atoms with Gasteiger partial charge in [0.15, 0.2) is 5.78 Å². The van der Waals surface area contributed by atoms with Crippen molar-refractivity contribution in [2.75, 3.05) is 13.6 Å². The van der Waals surface area contributed by atoms with E-state index in [1.807, 2.05) is 12.2 Å². The lowest BCUT2D eigenvalue weighted by molar-refractivity contribution is -0.114. The predicted molar refractivity (Wildman–Crippen MR) is 54.6 cm³/mol. The van der Waals surface area contributed by atoms with Gasteiger partial charge in [0.2, 0.25) is 0 Å². The Kier molecular flexibility index (Phi) is 3.43. The zero-order chi connectivity index (χ0) is 9.84. The zero-order valence-electron chi connectivity index (χ0n) is 8.58. The Balaban J connectivity index is 2.50. The summed E-state index contributed by atoms with van der Waals surface area (Å²) in [7, 11) is 2.08. The SMILES string of the molecule is CC(C)N(C)CC1=CC=CC(=O)C1. The van der Waals surface area contributed by atoms with Crippen LogP contribution in [0.1, 0.15) is 20.3 Å². The van der Waals surface area contributed by atoms with E-state index >= 15 is 0 Å². The second-order valence-electron chi connectivity index (χ2n) is 3.84. The Morgan fingerprint density at radius 3 is 2.77 bits per heavy atom. The molecule has 0 bridgehead atoms. The van der Waals surface area contributed by atoms with Gasteiger partial charge in [0, 0.05) is 19.0 Å². The van der Waals surface area contributed by atoms with Crippen LogP contribution in [0.5, 0.6) is 0 Å². The van der Waals surface area contributed by atoms with Crippen molar-refractivity contribution in [1.29, 1.82) is 0 Å². The maximum Gasteiger partial charge on any atom is 0.159 e. The summed E-state index contributed by atoms with van der Waals surface area (Å²) in [5.41, 5.74) is 1.21. The normalized spacial score (nSPS) is 17.0. The van der Waals surface area contributed by atoms with E-state index in [-0.39, 0.29) is 5.78 Å². The summed E-state index contributed by atoms with van der Waals surface area (Å²) in [4.78, 5) is 13.3. The minimum Gasteiger partial charge on any atom is -0.300 e. The number of nitrogens with zero attached hydrogens (tertiary/aromatic N) is 1. The molecule has 72 valence electrons. The Morgan fingerprint density at radius 2 is 2.23 bits per heavy atom. The third-order valence-corrected chi connectivity index (χ3v) is 2.35. The molecular weight excluding hydrogens is 162 g/mol. The molecule has 0 N–H and O–H groups in total. The van der Waals surface area contributed by atoms with Gasteiger partial charge in [0.1, 0.15) is 0 Å². The molecule has 0 amide bonds. The van der Waals surface area contributed by atoms with Crippen LogP contribution in [-0.2, 0) is 4.79 Å². The number of rotatable bonds is 3. The summed E-state index contributed by atoms with van der Waals surface area (Å²) in [6, 6.07) is 0.530. The Labute approximate surface area is 79.9 Å². The highest BCUT2D eigenvalue weighted by molar-refractivity contribution is 5.93. The fourth-order valence-electron chi connectivity index (χ4n) is 1.24. The van der Waals surface area contributed by atoms with Crippen LogP contribution < -0.4 is 0 Å². The molecule has 0 spiro atoms. The quantitative estimate of drug-likeness (QED) is 0.658. The first-order chi connectivity index (χ1) is 6.09. The van der Waals surface area contributed by atoms with E-state index in [0.717, 1.165) is 6.54 Å². The van der Waals surface area contributed by atoms with Crippen LogP contribution >= 0.6 is 0 Å². The molecule has 0 unspecified atom stereocenters. The van der Waals surface area contributed by atoms with Crippen molar-refractivity contribution in [1.82, 2.24) is 4.90 Å². The Morgan fingerprint density at radius 1 is 1.54 bits per heavy atom. The van der Waals surface area contributed by atoms with Crippen molar-refractivity contribution in [3.8, 4) is 0 Å². The minimum absolute atomic E-state index is 0.217. The summed E-state index contributed by atoms with van der Waals surface area (Å²) < 4.78 is 0. The standard InChI is InChI=1S/C11H17NO/c1-9(2)12(3)8-10-5-4-6-11(13)7-10/h4-6,9H,7-8H2,1-3H3. The fraction of sp³-hybridized carbons (Fsp3) is 0.545. The maximum atomic E-state index is 11.1. The number of carbonyl (C=O) groups is 1. The van der Waals surface area contributed by atoms with Gasteiger partial charge in [0.05, 0.1) is 0 Å². The van der Waals surface area contributed by atoms with Crippen molar-refractivity contribution in [2.45, 2.75) is 26.3 Å². The number of ketones is 1. The first kappa shape index (κ1) is 10.2. The number of allylic oxidation sites excluding steroid dienone is 3. The van der Waals surface area contributed by atoms with Gasteiger partial charge in [-0.05, 0) is 32.5 Å². The smallest absolute Gasteiger partial charge is 0.159 e. The van der Waals surface area contributed by atoms with Crippen LogP contribution in [0.25, 0.3) is 0 Å². The molecule has 13 heavy (non-hydrogen) atoms. The highest BCUT2D eigenvalue weighted by Crippen LogP contribution is 2.11. The first-order valence-electron chi connectivity index (χ1n) is 4.69. The van der Waals surface area contributed by atoms with Crippen molar-refractivity contribution in [3.05, 3.63) is 23.8 Å². The summed E-state index contributed by atoms with van der Waals surface area (Å²) in [6.45, 7) is 5.20. The van der Waals surface area contributed by atoms with Crippen LogP contribution in [0, 0.1) is 0 Å². The van der Waals surface area contributed by atoms with Gasteiger partial charge in [-0.2, -0.15) is 0 Å². The molecule has 0 radical (unpaired) electrons. The van der Waals surface area contributed by atoms with Gasteiger partial charge in [-0.3, -0.25) is 4.79 Å². The molecule has 1 rings (SSSR count).